The summed E-state index contributed by atoms with van der Waals surface area (Å²) in [5.41, 5.74) is 1.82. The first-order valence-corrected chi connectivity index (χ1v) is 8.84. The smallest absolute Gasteiger partial charge is 0.357 e. The number of thiol groups is 1. The van der Waals surface area contributed by atoms with Gasteiger partial charge in [0, 0.05) is 10.6 Å². The van der Waals surface area contributed by atoms with E-state index >= 15 is 0 Å². The molecule has 3 rings (SSSR count). The van der Waals surface area contributed by atoms with Crippen LogP contribution >= 0.6 is 12.6 Å². The van der Waals surface area contributed by atoms with Crippen molar-refractivity contribution in [2.45, 2.75) is 30.8 Å². The molecule has 146 valence electrons. The zero-order chi connectivity index (χ0) is 20.6. The van der Waals surface area contributed by atoms with E-state index in [1.54, 1.807) is 26.0 Å². The number of nitro groups is 1. The largest absolute Gasteiger partial charge is 0.416 e. The second-order valence-electron chi connectivity index (χ2n) is 6.50. The number of hydrogen-bond acceptors (Lipinski definition) is 4. The molecule has 1 aliphatic heterocycles. The molecule has 1 N–H and O–H groups in total. The molecule has 0 saturated heterocycles. The van der Waals surface area contributed by atoms with Gasteiger partial charge in [0.15, 0.2) is 0 Å². The Morgan fingerprint density at radius 3 is 2.25 bits per heavy atom. The van der Waals surface area contributed by atoms with Gasteiger partial charge in [-0.1, -0.05) is 36.4 Å². The number of allylic oxidation sites excluding steroid dienone is 3. The normalized spacial score (nSPS) is 17.6. The second kappa shape index (κ2) is 7.35. The van der Waals surface area contributed by atoms with Crippen LogP contribution < -0.4 is 5.32 Å². The molecule has 0 amide bonds. The minimum Gasteiger partial charge on any atom is -0.357 e. The number of dihydropyridines is 1. The number of alkyl halides is 3. The second-order valence-corrected chi connectivity index (χ2v) is 6.98. The number of hydrogen-bond donors (Lipinski definition) is 2. The van der Waals surface area contributed by atoms with Gasteiger partial charge in [-0.3, -0.25) is 10.1 Å². The molecule has 0 fully saturated rings. The van der Waals surface area contributed by atoms with E-state index in [4.69, 9.17) is 0 Å². The van der Waals surface area contributed by atoms with E-state index in [0.29, 0.717) is 22.5 Å². The Kier molecular flexibility index (Phi) is 5.25. The number of rotatable bonds is 3. The molecular weight excluding hydrogens is 389 g/mol. The highest BCUT2D eigenvalue weighted by Gasteiger charge is 2.39. The highest BCUT2D eigenvalue weighted by atomic mass is 32.1. The van der Waals surface area contributed by atoms with E-state index < -0.39 is 22.6 Å². The molecule has 28 heavy (non-hydrogen) atoms. The number of nitrogens with one attached hydrogen (secondary N) is 1. The van der Waals surface area contributed by atoms with E-state index in [9.17, 15) is 23.3 Å². The van der Waals surface area contributed by atoms with Gasteiger partial charge in [-0.15, -0.1) is 12.6 Å². The van der Waals surface area contributed by atoms with E-state index in [0.717, 1.165) is 17.7 Å². The van der Waals surface area contributed by atoms with Crippen LogP contribution in [-0.4, -0.2) is 4.92 Å². The van der Waals surface area contributed by atoms with Crippen LogP contribution in [-0.2, 0) is 6.18 Å². The van der Waals surface area contributed by atoms with E-state index in [-0.39, 0.29) is 10.6 Å². The fourth-order valence-electron chi connectivity index (χ4n) is 3.49. The molecule has 0 spiro atoms. The number of benzene rings is 2. The molecule has 4 nitrogen and oxygen atoms in total. The van der Waals surface area contributed by atoms with Crippen molar-refractivity contribution in [3.05, 3.63) is 92.4 Å². The Bertz CT molecular complexity index is 998. The maximum atomic E-state index is 13.0. The number of halogens is 3. The highest BCUT2D eigenvalue weighted by molar-refractivity contribution is 7.80. The van der Waals surface area contributed by atoms with Gasteiger partial charge in [0.25, 0.3) is 5.70 Å². The van der Waals surface area contributed by atoms with Crippen LogP contribution in [0.5, 0.6) is 0 Å². The zero-order valence-corrected chi connectivity index (χ0v) is 15.9. The molecule has 2 aromatic carbocycles. The third-order valence-corrected chi connectivity index (χ3v) is 5.06. The van der Waals surface area contributed by atoms with Gasteiger partial charge in [-0.25, -0.2) is 0 Å². The fourth-order valence-corrected chi connectivity index (χ4v) is 3.84. The fraction of sp³-hybridized carbons (Fsp3) is 0.200. The summed E-state index contributed by atoms with van der Waals surface area (Å²) in [5, 5.41) is 14.9. The third kappa shape index (κ3) is 3.64. The average Bonchev–Trinajstić information content (AvgIpc) is 2.60. The monoisotopic (exact) mass is 406 g/mol. The van der Waals surface area contributed by atoms with Crippen molar-refractivity contribution in [2.24, 2.45) is 0 Å². The average molecular weight is 406 g/mol. The lowest BCUT2D eigenvalue weighted by Gasteiger charge is -2.29. The SMILES string of the molecule is CC1=C(c2ccccc2)C(c2ccc(C(F)(F)F)cc2S)C([N+](=O)[O-])=C(C)N1. The number of nitrogens with zero attached hydrogens (tertiary/aromatic N) is 1. The van der Waals surface area contributed by atoms with Crippen molar-refractivity contribution < 1.29 is 18.1 Å². The predicted octanol–water partition coefficient (Wildman–Crippen LogP) is 5.62. The van der Waals surface area contributed by atoms with Gasteiger partial charge in [-0.05, 0) is 42.7 Å². The van der Waals surface area contributed by atoms with E-state index in [1.165, 1.54) is 6.07 Å². The Balaban J connectivity index is 2.25. The Morgan fingerprint density at radius 1 is 1.07 bits per heavy atom. The Hall–Kier alpha value is -2.74. The van der Waals surface area contributed by atoms with Crippen LogP contribution in [0, 0.1) is 10.1 Å². The van der Waals surface area contributed by atoms with Crippen LogP contribution in [0.25, 0.3) is 5.57 Å². The van der Waals surface area contributed by atoms with E-state index in [1.807, 2.05) is 18.2 Å². The van der Waals surface area contributed by atoms with Crippen molar-refractivity contribution in [1.82, 2.24) is 5.32 Å². The molecule has 1 atom stereocenters. The first-order chi connectivity index (χ1) is 13.1. The molecule has 1 aliphatic rings. The van der Waals surface area contributed by atoms with Crippen molar-refractivity contribution in [3.8, 4) is 0 Å². The molecule has 0 bridgehead atoms. The standard InChI is InChI=1S/C20H17F3N2O2S/c1-11-17(13-6-4-3-5-7-13)18(19(25(26)27)12(2)24-11)15-9-8-14(10-16(15)28)20(21,22)23/h3-10,18,24,28H,1-2H3. The van der Waals surface area contributed by atoms with Gasteiger partial charge in [0.05, 0.1) is 16.2 Å². The van der Waals surface area contributed by atoms with Crippen LogP contribution in [0.1, 0.15) is 36.5 Å². The summed E-state index contributed by atoms with van der Waals surface area (Å²) in [4.78, 5) is 11.4. The summed E-state index contributed by atoms with van der Waals surface area (Å²) in [5.74, 6) is -0.853. The lowest BCUT2D eigenvalue weighted by atomic mass is 9.80. The summed E-state index contributed by atoms with van der Waals surface area (Å²) in [6.07, 6.45) is -4.52. The summed E-state index contributed by atoms with van der Waals surface area (Å²) in [6, 6.07) is 12.2. The molecule has 0 aromatic heterocycles. The van der Waals surface area contributed by atoms with Gasteiger partial charge in [-0.2, -0.15) is 13.2 Å². The van der Waals surface area contributed by atoms with Crippen LogP contribution in [0.3, 0.4) is 0 Å². The maximum Gasteiger partial charge on any atom is 0.416 e. The minimum atomic E-state index is -4.52. The quantitative estimate of drug-likeness (QED) is 0.395. The van der Waals surface area contributed by atoms with Crippen molar-refractivity contribution in [2.75, 3.05) is 0 Å². The maximum absolute atomic E-state index is 13.0. The lowest BCUT2D eigenvalue weighted by molar-refractivity contribution is -0.430. The van der Waals surface area contributed by atoms with Crippen molar-refractivity contribution in [3.63, 3.8) is 0 Å². The minimum absolute atomic E-state index is 0.0510. The molecule has 2 aromatic rings. The zero-order valence-electron chi connectivity index (χ0n) is 15.0. The molecule has 0 aliphatic carbocycles. The molecule has 1 unspecified atom stereocenters. The lowest BCUT2D eigenvalue weighted by Crippen LogP contribution is -2.27. The first kappa shape index (κ1) is 20.0. The van der Waals surface area contributed by atoms with Crippen molar-refractivity contribution >= 4 is 18.2 Å². The highest BCUT2D eigenvalue weighted by Crippen LogP contribution is 2.46. The Labute approximate surface area is 165 Å². The summed E-state index contributed by atoms with van der Waals surface area (Å²) in [6.45, 7) is 3.37. The van der Waals surface area contributed by atoms with E-state index in [2.05, 4.69) is 17.9 Å². The molecule has 0 radical (unpaired) electrons. The third-order valence-electron chi connectivity index (χ3n) is 4.68. The van der Waals surface area contributed by atoms with Crippen LogP contribution in [0.4, 0.5) is 13.2 Å². The Morgan fingerprint density at radius 2 is 1.71 bits per heavy atom. The molecule has 8 heteroatoms. The topological polar surface area (TPSA) is 55.2 Å². The summed E-state index contributed by atoms with van der Waals surface area (Å²) < 4.78 is 39.1. The van der Waals surface area contributed by atoms with Crippen LogP contribution in [0.15, 0.2) is 70.5 Å². The molecule has 1 heterocycles. The predicted molar refractivity (Wildman–Crippen MR) is 103 cm³/mol. The van der Waals surface area contributed by atoms with Gasteiger partial charge < -0.3 is 5.32 Å². The van der Waals surface area contributed by atoms with Crippen molar-refractivity contribution in [1.29, 1.82) is 0 Å². The van der Waals surface area contributed by atoms with Gasteiger partial charge >= 0.3 is 6.18 Å². The van der Waals surface area contributed by atoms with Gasteiger partial charge in [0.2, 0.25) is 0 Å². The first-order valence-electron chi connectivity index (χ1n) is 8.39. The molecule has 0 saturated carbocycles. The summed E-state index contributed by atoms with van der Waals surface area (Å²) in [7, 11) is 0. The van der Waals surface area contributed by atoms with Crippen LogP contribution in [0.2, 0.25) is 0 Å². The summed E-state index contributed by atoms with van der Waals surface area (Å²) >= 11 is 4.24. The van der Waals surface area contributed by atoms with Gasteiger partial charge in [0.1, 0.15) is 5.92 Å². The molecular formula is C20H17F3N2O2S.